The lowest BCUT2D eigenvalue weighted by Crippen LogP contribution is -2.15. The predicted octanol–water partition coefficient (Wildman–Crippen LogP) is 3.10. The minimum Gasteiger partial charge on any atom is -0.505 e. The van der Waals surface area contributed by atoms with Gasteiger partial charge in [0.25, 0.3) is 0 Å². The molecule has 1 aromatic heterocycles. The number of para-hydroxylation sites is 1. The number of hydrogen-bond acceptors (Lipinski definition) is 6. The molecule has 3 rings (SSSR count). The van der Waals surface area contributed by atoms with Gasteiger partial charge in [0, 0.05) is 0 Å². The zero-order valence-corrected chi connectivity index (χ0v) is 14.8. The van der Waals surface area contributed by atoms with E-state index in [1.165, 1.54) is 0 Å². The van der Waals surface area contributed by atoms with E-state index in [9.17, 15) is 23.5 Å². The Labute approximate surface area is 157 Å². The van der Waals surface area contributed by atoms with Crippen molar-refractivity contribution in [3.8, 4) is 22.7 Å². The van der Waals surface area contributed by atoms with Crippen LogP contribution < -0.4 is 0 Å². The Balaban J connectivity index is 2.45. The highest BCUT2D eigenvalue weighted by atomic mass is 19.1. The van der Waals surface area contributed by atoms with Crippen LogP contribution in [0.4, 0.5) is 8.78 Å². The van der Waals surface area contributed by atoms with Crippen molar-refractivity contribution in [1.82, 2.24) is 9.78 Å². The smallest absolute Gasteiger partial charge is 0.357 e. The number of benzene rings is 2. The topological polar surface area (TPSA) is 90.6 Å². The van der Waals surface area contributed by atoms with E-state index in [4.69, 9.17) is 4.74 Å². The van der Waals surface area contributed by atoms with Gasteiger partial charge in [-0.05, 0) is 24.3 Å². The quantitative estimate of drug-likeness (QED) is 0.691. The molecule has 0 aliphatic rings. The van der Waals surface area contributed by atoms with Crippen LogP contribution >= 0.6 is 0 Å². The summed E-state index contributed by atoms with van der Waals surface area (Å²) in [5.74, 6) is -5.29. The number of nitrogens with zero attached hydrogens (tertiary/aromatic N) is 2. The monoisotopic (exact) mass is 388 g/mol. The van der Waals surface area contributed by atoms with E-state index in [1.54, 1.807) is 30.3 Å². The van der Waals surface area contributed by atoms with Crippen LogP contribution in [0.2, 0.25) is 0 Å². The SMILES string of the molecule is COC(=O)c1c(-c2c(F)ccc(O)c2F)nn(-c2ccccc2)c1C(=O)OC. The average Bonchev–Trinajstić information content (AvgIpc) is 3.10. The molecule has 9 heteroatoms. The Morgan fingerprint density at radius 1 is 1.00 bits per heavy atom. The van der Waals surface area contributed by atoms with E-state index in [1.807, 2.05) is 0 Å². The minimum atomic E-state index is -1.33. The molecule has 0 radical (unpaired) electrons. The zero-order valence-electron chi connectivity index (χ0n) is 14.8. The maximum absolute atomic E-state index is 14.5. The fourth-order valence-corrected chi connectivity index (χ4v) is 2.69. The number of esters is 2. The summed E-state index contributed by atoms with van der Waals surface area (Å²) in [6.07, 6.45) is 0. The summed E-state index contributed by atoms with van der Waals surface area (Å²) >= 11 is 0. The first-order valence-corrected chi connectivity index (χ1v) is 7.93. The second-order valence-corrected chi connectivity index (χ2v) is 5.56. The number of phenols is 1. The average molecular weight is 388 g/mol. The molecule has 144 valence electrons. The third-order valence-electron chi connectivity index (χ3n) is 3.96. The van der Waals surface area contributed by atoms with E-state index < -0.39 is 46.1 Å². The molecular weight excluding hydrogens is 374 g/mol. The van der Waals surface area contributed by atoms with Gasteiger partial charge < -0.3 is 14.6 Å². The van der Waals surface area contributed by atoms with Crippen molar-refractivity contribution in [3.63, 3.8) is 0 Å². The molecule has 0 saturated heterocycles. The van der Waals surface area contributed by atoms with Gasteiger partial charge in [-0.25, -0.2) is 23.1 Å². The summed E-state index contributed by atoms with van der Waals surface area (Å²) in [6.45, 7) is 0. The lowest BCUT2D eigenvalue weighted by atomic mass is 10.0. The van der Waals surface area contributed by atoms with Gasteiger partial charge in [-0.3, -0.25) is 0 Å². The Bertz CT molecular complexity index is 1060. The first-order chi connectivity index (χ1) is 13.4. The maximum atomic E-state index is 14.5. The Morgan fingerprint density at radius 2 is 1.64 bits per heavy atom. The second kappa shape index (κ2) is 7.47. The van der Waals surface area contributed by atoms with Crippen LogP contribution in [-0.2, 0) is 9.47 Å². The highest BCUT2D eigenvalue weighted by Crippen LogP contribution is 2.35. The molecule has 0 fully saturated rings. The number of carbonyl (C=O) groups is 2. The van der Waals surface area contributed by atoms with Gasteiger partial charge in [0.05, 0.1) is 25.5 Å². The number of methoxy groups -OCH3 is 2. The van der Waals surface area contributed by atoms with Crippen molar-refractivity contribution in [1.29, 1.82) is 0 Å². The number of carbonyl (C=O) groups excluding carboxylic acids is 2. The fraction of sp³-hybridized carbons (Fsp3) is 0.105. The van der Waals surface area contributed by atoms with Crippen LogP contribution in [0.15, 0.2) is 42.5 Å². The second-order valence-electron chi connectivity index (χ2n) is 5.56. The Morgan fingerprint density at radius 3 is 2.25 bits per heavy atom. The number of hydrogen-bond donors (Lipinski definition) is 1. The molecule has 0 unspecified atom stereocenters. The number of ether oxygens (including phenoxy) is 2. The normalized spacial score (nSPS) is 10.6. The standard InChI is InChI=1S/C19H14F2N2O5/c1-27-18(25)14-16(13-11(20)8-9-12(24)15(13)21)22-23(17(14)19(26)28-2)10-6-4-3-5-7-10/h3-9,24H,1-2H3. The molecule has 0 aliphatic heterocycles. The van der Waals surface area contributed by atoms with E-state index in [0.717, 1.165) is 31.0 Å². The van der Waals surface area contributed by atoms with Crippen molar-refractivity contribution in [3.05, 3.63) is 65.4 Å². The van der Waals surface area contributed by atoms with E-state index in [0.29, 0.717) is 5.69 Å². The number of phenolic OH excluding ortho intramolecular Hbond substituents is 1. The molecule has 0 bridgehead atoms. The number of halogens is 2. The van der Waals surface area contributed by atoms with Crippen molar-refractivity contribution in [2.45, 2.75) is 0 Å². The zero-order chi connectivity index (χ0) is 20.4. The van der Waals surface area contributed by atoms with Crippen molar-refractivity contribution >= 4 is 11.9 Å². The molecule has 3 aromatic rings. The number of rotatable bonds is 4. The van der Waals surface area contributed by atoms with Gasteiger partial charge in [-0.2, -0.15) is 5.10 Å². The van der Waals surface area contributed by atoms with E-state index in [2.05, 4.69) is 9.84 Å². The predicted molar refractivity (Wildman–Crippen MR) is 93.3 cm³/mol. The molecule has 0 saturated carbocycles. The Hall–Kier alpha value is -3.75. The van der Waals surface area contributed by atoms with Crippen LogP contribution in [0.5, 0.6) is 5.75 Å². The number of aromatic hydroxyl groups is 1. The molecular formula is C19H14F2N2O5. The maximum Gasteiger partial charge on any atom is 0.357 e. The van der Waals surface area contributed by atoms with Gasteiger partial charge in [-0.15, -0.1) is 0 Å². The molecule has 2 aromatic carbocycles. The lowest BCUT2D eigenvalue weighted by Gasteiger charge is -2.07. The summed E-state index contributed by atoms with van der Waals surface area (Å²) in [5.41, 5.74) is -1.83. The van der Waals surface area contributed by atoms with Crippen LogP contribution in [0.25, 0.3) is 16.9 Å². The summed E-state index contributed by atoms with van der Waals surface area (Å²) in [7, 11) is 2.13. The fourth-order valence-electron chi connectivity index (χ4n) is 2.69. The van der Waals surface area contributed by atoms with Crippen molar-refractivity contribution in [2.24, 2.45) is 0 Å². The van der Waals surface area contributed by atoms with Gasteiger partial charge in [-0.1, -0.05) is 18.2 Å². The third kappa shape index (κ3) is 3.07. The van der Waals surface area contributed by atoms with E-state index in [-0.39, 0.29) is 5.69 Å². The molecule has 1 heterocycles. The summed E-state index contributed by atoms with van der Waals surface area (Å²) < 4.78 is 39.4. The Kier molecular flexibility index (Phi) is 5.08. The van der Waals surface area contributed by atoms with Crippen molar-refractivity contribution in [2.75, 3.05) is 14.2 Å². The molecule has 0 aliphatic carbocycles. The lowest BCUT2D eigenvalue weighted by molar-refractivity contribution is 0.0549. The van der Waals surface area contributed by atoms with Crippen molar-refractivity contribution < 1.29 is 33.0 Å². The highest BCUT2D eigenvalue weighted by Gasteiger charge is 2.34. The molecule has 28 heavy (non-hydrogen) atoms. The molecule has 0 amide bonds. The largest absolute Gasteiger partial charge is 0.505 e. The van der Waals surface area contributed by atoms with Crippen LogP contribution in [0.1, 0.15) is 20.8 Å². The summed E-state index contributed by atoms with van der Waals surface area (Å²) in [4.78, 5) is 24.8. The summed E-state index contributed by atoms with van der Waals surface area (Å²) in [5, 5.41) is 13.7. The van der Waals surface area contributed by atoms with Crippen LogP contribution in [0.3, 0.4) is 0 Å². The molecule has 1 N–H and O–H groups in total. The molecule has 0 atom stereocenters. The van der Waals surface area contributed by atoms with Gasteiger partial charge in [0.2, 0.25) is 0 Å². The first kappa shape index (κ1) is 19.0. The molecule has 7 nitrogen and oxygen atoms in total. The minimum absolute atomic E-state index is 0.334. The first-order valence-electron chi connectivity index (χ1n) is 7.93. The van der Waals surface area contributed by atoms with Gasteiger partial charge in [0.15, 0.2) is 17.3 Å². The van der Waals surface area contributed by atoms with Crippen LogP contribution in [0, 0.1) is 11.6 Å². The number of aromatic nitrogens is 2. The van der Waals surface area contributed by atoms with Crippen LogP contribution in [-0.4, -0.2) is 41.0 Å². The van der Waals surface area contributed by atoms with Gasteiger partial charge >= 0.3 is 11.9 Å². The highest BCUT2D eigenvalue weighted by molar-refractivity contribution is 6.07. The third-order valence-corrected chi connectivity index (χ3v) is 3.96. The van der Waals surface area contributed by atoms with Gasteiger partial charge in [0.1, 0.15) is 17.1 Å². The molecule has 0 spiro atoms. The summed E-state index contributed by atoms with van der Waals surface area (Å²) in [6, 6.07) is 9.77. The van der Waals surface area contributed by atoms with E-state index >= 15 is 0 Å².